The maximum Gasteiger partial charge on any atom is 0.405 e. The van der Waals surface area contributed by atoms with E-state index in [1.54, 1.807) is 34.1 Å². The molecule has 9 rings (SSSR count). The van der Waals surface area contributed by atoms with Crippen LogP contribution in [0.5, 0.6) is 5.75 Å². The largest absolute Gasteiger partial charge is 0.507 e. The van der Waals surface area contributed by atoms with Crippen molar-refractivity contribution in [2.24, 2.45) is 5.92 Å². The monoisotopic (exact) mass is 804 g/mol. The zero-order chi connectivity index (χ0) is 40.3. The molecule has 4 unspecified atom stereocenters. The van der Waals surface area contributed by atoms with Gasteiger partial charge in [-0.05, 0) is 61.1 Å². The number of aliphatic hydroxyl groups is 1. The Balaban J connectivity index is 0.791. The Bertz CT molecular complexity index is 2080. The summed E-state index contributed by atoms with van der Waals surface area (Å²) < 4.78 is 44.0. The number of fused-ring (bicyclic) bond motifs is 4. The number of anilines is 3. The number of nitrogens with zero attached hydrogens (tertiary/aromatic N) is 8. The summed E-state index contributed by atoms with van der Waals surface area (Å²) >= 11 is 0. The Labute approximate surface area is 333 Å². The Morgan fingerprint density at radius 3 is 2.43 bits per heavy atom. The first kappa shape index (κ1) is 38.2. The molecular weight excluding hydrogens is 757 g/mol. The van der Waals surface area contributed by atoms with Gasteiger partial charge < -0.3 is 45.3 Å². The van der Waals surface area contributed by atoms with E-state index in [9.17, 15) is 37.8 Å². The molecule has 0 bridgehead atoms. The fraction of sp³-hybridized carbons (Fsp3) is 0.525. The van der Waals surface area contributed by atoms with E-state index in [0.29, 0.717) is 87.7 Å². The van der Waals surface area contributed by atoms with Crippen LogP contribution in [0.25, 0.3) is 11.3 Å². The molecule has 4 saturated heterocycles. The number of piperazine rings is 2. The number of carbonyl (C=O) groups is 3. The van der Waals surface area contributed by atoms with Crippen LogP contribution in [0.15, 0.2) is 48.5 Å². The van der Waals surface area contributed by atoms with Crippen LogP contribution in [0.2, 0.25) is 0 Å². The minimum atomic E-state index is -4.51. The molecule has 0 spiro atoms. The second-order valence-corrected chi connectivity index (χ2v) is 16.3. The highest BCUT2D eigenvalue weighted by Gasteiger charge is 2.49. The number of carbonyl (C=O) groups excluding carboxylic acids is 3. The molecule has 0 saturated carbocycles. The first-order valence-electron chi connectivity index (χ1n) is 20.1. The van der Waals surface area contributed by atoms with E-state index in [0.717, 1.165) is 16.9 Å². The van der Waals surface area contributed by atoms with Gasteiger partial charge in [-0.2, -0.15) is 13.2 Å². The maximum atomic E-state index is 14.7. The van der Waals surface area contributed by atoms with Crippen molar-refractivity contribution < 1.29 is 37.8 Å². The zero-order valence-electron chi connectivity index (χ0n) is 31.9. The van der Waals surface area contributed by atoms with Crippen molar-refractivity contribution in [1.29, 1.82) is 0 Å². The van der Waals surface area contributed by atoms with Gasteiger partial charge >= 0.3 is 12.2 Å². The van der Waals surface area contributed by atoms with Crippen molar-refractivity contribution in [2.45, 2.75) is 62.8 Å². The number of nitrogens with one attached hydrogen (secondary N) is 2. The van der Waals surface area contributed by atoms with Crippen molar-refractivity contribution in [2.75, 3.05) is 80.6 Å². The molecular formula is C40H47F3N10O5. The van der Waals surface area contributed by atoms with Crippen molar-refractivity contribution in [3.8, 4) is 17.0 Å². The van der Waals surface area contributed by atoms with Crippen molar-refractivity contribution >= 4 is 35.0 Å². The second kappa shape index (κ2) is 15.1. The third kappa shape index (κ3) is 7.20. The second-order valence-electron chi connectivity index (χ2n) is 16.3. The first-order valence-corrected chi connectivity index (χ1v) is 20.1. The van der Waals surface area contributed by atoms with Gasteiger partial charge in [-0.1, -0.05) is 18.2 Å². The van der Waals surface area contributed by atoms with Gasteiger partial charge in [0.05, 0.1) is 23.5 Å². The predicted octanol–water partition coefficient (Wildman–Crippen LogP) is 2.90. The standard InChI is InChI=1S/C40H47F3N10O5/c41-40(42,43)34-23-51(39(58)50-15-16-52-27(22-50)19-44-36-32(52)18-30(46-47-36)28-3-1-2-4-33(28)54)14-13-49(34)20-24-9-11-48(12-10-24)26-6-5-25-21-53(38(57)29(25)17-26)31-7-8-35(55)45-37(31)56/h1-6,17-18,24,27,31,34,37,54,56H,7-16,19-23H2,(H,44,47)(H,45,55). The topological polar surface area (TPSA) is 161 Å². The number of benzene rings is 2. The van der Waals surface area contributed by atoms with Gasteiger partial charge in [0, 0.05) is 95.2 Å². The van der Waals surface area contributed by atoms with E-state index < -0.39 is 31.0 Å². The van der Waals surface area contributed by atoms with E-state index in [1.165, 1.54) is 9.80 Å². The normalized spacial score (nSPS) is 25.6. The molecule has 7 heterocycles. The smallest absolute Gasteiger partial charge is 0.405 e. The van der Waals surface area contributed by atoms with E-state index in [2.05, 4.69) is 30.6 Å². The van der Waals surface area contributed by atoms with Crippen molar-refractivity contribution in [3.05, 3.63) is 59.7 Å². The minimum Gasteiger partial charge on any atom is -0.507 e. The number of phenols is 1. The van der Waals surface area contributed by atoms with Crippen LogP contribution >= 0.6 is 0 Å². The molecule has 6 aliphatic rings. The number of halogens is 3. The average Bonchev–Trinajstić information content (AvgIpc) is 3.55. The summed E-state index contributed by atoms with van der Waals surface area (Å²) in [5.41, 5.74) is 4.18. The molecule has 6 aliphatic heterocycles. The maximum absolute atomic E-state index is 14.7. The fourth-order valence-corrected chi connectivity index (χ4v) is 9.59. The molecule has 15 nitrogen and oxygen atoms in total. The fourth-order valence-electron chi connectivity index (χ4n) is 9.59. The lowest BCUT2D eigenvalue weighted by atomic mass is 9.94. The van der Waals surface area contributed by atoms with E-state index in [1.807, 2.05) is 24.3 Å². The zero-order valence-corrected chi connectivity index (χ0v) is 31.9. The lowest BCUT2D eigenvalue weighted by Crippen LogP contribution is -2.65. The van der Waals surface area contributed by atoms with Gasteiger partial charge in [-0.3, -0.25) is 14.5 Å². The van der Waals surface area contributed by atoms with Gasteiger partial charge in [-0.25, -0.2) is 4.79 Å². The number of alkyl halides is 3. The van der Waals surface area contributed by atoms with Gasteiger partial charge in [-0.15, -0.1) is 10.2 Å². The number of hydrogen-bond donors (Lipinski definition) is 4. The minimum absolute atomic E-state index is 0.0451. The van der Waals surface area contributed by atoms with Gasteiger partial charge in [0.1, 0.15) is 18.0 Å². The summed E-state index contributed by atoms with van der Waals surface area (Å²) in [5.74, 6) is 0.318. The van der Waals surface area contributed by atoms with E-state index in [-0.39, 0.29) is 61.6 Å². The lowest BCUT2D eigenvalue weighted by molar-refractivity contribution is -0.196. The van der Waals surface area contributed by atoms with Crippen LogP contribution in [-0.4, -0.2) is 154 Å². The summed E-state index contributed by atoms with van der Waals surface area (Å²) in [6.07, 6.45) is -3.60. The highest BCUT2D eigenvalue weighted by molar-refractivity contribution is 5.99. The van der Waals surface area contributed by atoms with Crippen LogP contribution in [-0.2, 0) is 11.3 Å². The third-order valence-electron chi connectivity index (χ3n) is 12.8. The van der Waals surface area contributed by atoms with Crippen molar-refractivity contribution in [1.82, 2.24) is 35.1 Å². The lowest BCUT2D eigenvalue weighted by Gasteiger charge is -2.48. The Morgan fingerprint density at radius 2 is 1.66 bits per heavy atom. The average molecular weight is 805 g/mol. The molecule has 2 aromatic carbocycles. The number of phenolic OH excluding ortho intramolecular Hbond substituents is 1. The quantitative estimate of drug-likeness (QED) is 0.301. The number of aromatic hydroxyl groups is 1. The van der Waals surface area contributed by atoms with Crippen LogP contribution in [0, 0.1) is 5.92 Å². The van der Waals surface area contributed by atoms with Gasteiger partial charge in [0.15, 0.2) is 5.82 Å². The Morgan fingerprint density at radius 1 is 0.879 bits per heavy atom. The summed E-state index contributed by atoms with van der Waals surface area (Å²) in [4.78, 5) is 49.4. The van der Waals surface area contributed by atoms with E-state index in [4.69, 9.17) is 0 Å². The highest BCUT2D eigenvalue weighted by Crippen LogP contribution is 2.38. The Kier molecular flexibility index (Phi) is 9.94. The number of hydrogen-bond acceptors (Lipinski definition) is 11. The SMILES string of the molecule is O=C1CCC(N2Cc3ccc(N4CCC(CN5CCN(C(=O)N6CCN7c8cc(-c9ccccc9O)nnc8NCC7C6)CC5C(F)(F)F)CC4)cc3C2=O)C(O)N1. The van der Waals surface area contributed by atoms with Gasteiger partial charge in [0.25, 0.3) is 5.91 Å². The van der Waals surface area contributed by atoms with Crippen LogP contribution < -0.4 is 20.4 Å². The van der Waals surface area contributed by atoms with Crippen LogP contribution in [0.1, 0.15) is 41.6 Å². The molecule has 4 N–H and O–H groups in total. The molecule has 4 atom stereocenters. The predicted molar refractivity (Wildman–Crippen MR) is 207 cm³/mol. The molecule has 308 valence electrons. The number of urea groups is 1. The van der Waals surface area contributed by atoms with Crippen LogP contribution in [0.4, 0.5) is 35.2 Å². The number of piperidine rings is 2. The molecule has 4 fully saturated rings. The molecule has 0 radical (unpaired) electrons. The summed E-state index contributed by atoms with van der Waals surface area (Å²) in [7, 11) is 0. The molecule has 18 heteroatoms. The number of amides is 4. The third-order valence-corrected chi connectivity index (χ3v) is 12.8. The summed E-state index contributed by atoms with van der Waals surface area (Å²) in [5, 5.41) is 35.2. The van der Waals surface area contributed by atoms with Crippen LogP contribution in [0.3, 0.4) is 0 Å². The molecule has 4 amide bonds. The molecule has 0 aliphatic carbocycles. The summed E-state index contributed by atoms with van der Waals surface area (Å²) in [6, 6.07) is 11.7. The molecule has 3 aromatic rings. The van der Waals surface area contributed by atoms with Gasteiger partial charge in [0.2, 0.25) is 5.91 Å². The number of aromatic nitrogens is 2. The molecule has 1 aromatic heterocycles. The summed E-state index contributed by atoms with van der Waals surface area (Å²) in [6.45, 7) is 3.50. The number of aliphatic hydroxyl groups excluding tert-OH is 1. The number of rotatable bonds is 5. The Hall–Kier alpha value is -5.36. The van der Waals surface area contributed by atoms with Crippen molar-refractivity contribution in [3.63, 3.8) is 0 Å². The highest BCUT2D eigenvalue weighted by atomic mass is 19.4. The first-order chi connectivity index (χ1) is 27.9. The molecule has 58 heavy (non-hydrogen) atoms. The number of para-hydroxylation sites is 1. The van der Waals surface area contributed by atoms with E-state index >= 15 is 0 Å².